The molecule has 0 aliphatic carbocycles. The molecule has 2 fully saturated rings. The molecule has 2 aliphatic rings. The summed E-state index contributed by atoms with van der Waals surface area (Å²) >= 11 is 0. The quantitative estimate of drug-likeness (QED) is 0.716. The number of nitrogens with zero attached hydrogens (tertiary/aromatic N) is 4. The van der Waals surface area contributed by atoms with Gasteiger partial charge in [-0.1, -0.05) is 17.3 Å². The van der Waals surface area contributed by atoms with Gasteiger partial charge < -0.3 is 23.8 Å². The maximum Gasteiger partial charge on any atom is 0.410 e. The number of benzene rings is 1. The first kappa shape index (κ1) is 20.2. The zero-order valence-electron chi connectivity index (χ0n) is 17.3. The fourth-order valence-electron chi connectivity index (χ4n) is 4.10. The van der Waals surface area contributed by atoms with Gasteiger partial charge >= 0.3 is 6.09 Å². The number of carbonyl (C=O) groups excluding carboxylic acids is 2. The van der Waals surface area contributed by atoms with Crippen LogP contribution < -0.4 is 4.74 Å². The van der Waals surface area contributed by atoms with E-state index in [1.54, 1.807) is 19.1 Å². The van der Waals surface area contributed by atoms with Crippen LogP contribution in [-0.2, 0) is 16.0 Å². The van der Waals surface area contributed by atoms with Crippen molar-refractivity contribution in [3.05, 3.63) is 30.2 Å². The van der Waals surface area contributed by atoms with Crippen LogP contribution in [0, 0.1) is 0 Å². The first-order valence-corrected chi connectivity index (χ1v) is 10.2. The Bertz CT molecular complexity index is 930. The molecule has 1 atom stereocenters. The first-order valence-electron chi connectivity index (χ1n) is 10.2. The zero-order chi connectivity index (χ0) is 21.1. The summed E-state index contributed by atoms with van der Waals surface area (Å²) in [5, 5.41) is 4.02. The number of hydrogen-bond donors (Lipinski definition) is 0. The number of likely N-dealkylation sites (N-methyl/N-ethyl adjacent to an activating group) is 1. The Labute approximate surface area is 174 Å². The number of ether oxygens (including phenoxy) is 2. The predicted octanol–water partition coefficient (Wildman–Crippen LogP) is 2.51. The third kappa shape index (κ3) is 4.24. The summed E-state index contributed by atoms with van der Waals surface area (Å²) < 4.78 is 16.1. The lowest BCUT2D eigenvalue weighted by Gasteiger charge is -2.38. The van der Waals surface area contributed by atoms with Crippen LogP contribution in [0.5, 0.6) is 5.75 Å². The van der Waals surface area contributed by atoms with Crippen LogP contribution in [0.3, 0.4) is 0 Å². The van der Waals surface area contributed by atoms with Gasteiger partial charge in [0.05, 0.1) is 20.2 Å². The normalized spacial score (nSPS) is 21.2. The Morgan fingerprint density at radius 2 is 2.20 bits per heavy atom. The van der Waals surface area contributed by atoms with Crippen LogP contribution in [0.2, 0.25) is 0 Å². The molecule has 0 unspecified atom stereocenters. The highest BCUT2D eigenvalue weighted by molar-refractivity contribution is 5.77. The van der Waals surface area contributed by atoms with Gasteiger partial charge in [0.25, 0.3) is 0 Å². The standard InChI is InChI=1S/C21H26N4O5/c1-24-13-21(29-20(24)27)10-5-11-25(14-21)18(26)9-4-8-17-22-19(23-30-17)15-6-3-7-16(12-15)28-2/h3,6-7,12H,4-5,8-11,13-14H2,1-2H3/t21-/m1/s1. The van der Waals surface area contributed by atoms with Crippen LogP contribution in [0.25, 0.3) is 11.4 Å². The molecule has 0 radical (unpaired) electrons. The maximum absolute atomic E-state index is 12.7. The summed E-state index contributed by atoms with van der Waals surface area (Å²) in [6, 6.07) is 7.46. The minimum absolute atomic E-state index is 0.0622. The molecular formula is C21H26N4O5. The fourth-order valence-corrected chi connectivity index (χ4v) is 4.10. The minimum atomic E-state index is -0.558. The highest BCUT2D eigenvalue weighted by Crippen LogP contribution is 2.31. The van der Waals surface area contributed by atoms with Crippen LogP contribution in [0.15, 0.2) is 28.8 Å². The van der Waals surface area contributed by atoms with Crippen LogP contribution in [0.4, 0.5) is 4.79 Å². The SMILES string of the molecule is COc1cccc(-c2noc(CCCC(=O)N3CCC[C@@]4(CN(C)C(=O)O4)C3)n2)c1. The lowest BCUT2D eigenvalue weighted by molar-refractivity contribution is -0.136. The molecule has 9 nitrogen and oxygen atoms in total. The number of aromatic nitrogens is 2. The smallest absolute Gasteiger partial charge is 0.410 e. The number of amides is 2. The number of methoxy groups -OCH3 is 1. The third-order valence-electron chi connectivity index (χ3n) is 5.61. The second-order valence-corrected chi connectivity index (χ2v) is 7.92. The van der Waals surface area contributed by atoms with Gasteiger partial charge in [-0.25, -0.2) is 4.79 Å². The summed E-state index contributed by atoms with van der Waals surface area (Å²) in [5.41, 5.74) is 0.257. The molecule has 30 heavy (non-hydrogen) atoms. The summed E-state index contributed by atoms with van der Waals surface area (Å²) in [4.78, 5) is 32.2. The Morgan fingerprint density at radius 1 is 1.33 bits per heavy atom. The Balaban J connectivity index is 1.29. The monoisotopic (exact) mass is 414 g/mol. The second kappa shape index (κ2) is 8.33. The molecule has 9 heteroatoms. The number of hydrogen-bond acceptors (Lipinski definition) is 7. The van der Waals surface area contributed by atoms with E-state index in [0.29, 0.717) is 50.6 Å². The van der Waals surface area contributed by atoms with E-state index in [9.17, 15) is 9.59 Å². The van der Waals surface area contributed by atoms with Gasteiger partial charge in [-0.3, -0.25) is 4.79 Å². The van der Waals surface area contributed by atoms with Crippen molar-refractivity contribution >= 4 is 12.0 Å². The van der Waals surface area contributed by atoms with Gasteiger partial charge in [0.2, 0.25) is 17.6 Å². The Hall–Kier alpha value is -3.10. The van der Waals surface area contributed by atoms with Crippen LogP contribution in [0.1, 0.15) is 31.6 Å². The van der Waals surface area contributed by atoms with E-state index >= 15 is 0 Å². The molecule has 0 bridgehead atoms. The van der Waals surface area contributed by atoms with E-state index < -0.39 is 5.60 Å². The minimum Gasteiger partial charge on any atom is -0.497 e. The van der Waals surface area contributed by atoms with Crippen molar-refractivity contribution in [2.75, 3.05) is 33.8 Å². The van der Waals surface area contributed by atoms with E-state index in [0.717, 1.165) is 24.2 Å². The molecule has 3 heterocycles. The van der Waals surface area contributed by atoms with E-state index in [2.05, 4.69) is 10.1 Å². The van der Waals surface area contributed by atoms with Gasteiger partial charge in [0.15, 0.2) is 0 Å². The van der Waals surface area contributed by atoms with E-state index in [1.165, 1.54) is 0 Å². The average Bonchev–Trinajstić information content (AvgIpc) is 3.32. The van der Waals surface area contributed by atoms with E-state index in [1.807, 2.05) is 29.2 Å². The van der Waals surface area contributed by atoms with Crippen molar-refractivity contribution in [1.82, 2.24) is 19.9 Å². The molecule has 2 aliphatic heterocycles. The van der Waals surface area contributed by atoms with E-state index in [4.69, 9.17) is 14.0 Å². The number of piperidine rings is 1. The molecule has 1 aromatic carbocycles. The average molecular weight is 414 g/mol. The van der Waals surface area contributed by atoms with Gasteiger partial charge in [0.1, 0.15) is 11.4 Å². The summed E-state index contributed by atoms with van der Waals surface area (Å²) in [7, 11) is 3.33. The topological polar surface area (TPSA) is 98.0 Å². The Morgan fingerprint density at radius 3 is 2.97 bits per heavy atom. The number of carbonyl (C=O) groups is 2. The van der Waals surface area contributed by atoms with Crippen LogP contribution >= 0.6 is 0 Å². The van der Waals surface area contributed by atoms with Crippen molar-refractivity contribution in [2.45, 2.75) is 37.7 Å². The van der Waals surface area contributed by atoms with Gasteiger partial charge in [0, 0.05) is 32.0 Å². The van der Waals surface area contributed by atoms with Crippen molar-refractivity contribution in [1.29, 1.82) is 0 Å². The molecule has 0 saturated carbocycles. The fraction of sp³-hybridized carbons (Fsp3) is 0.524. The number of rotatable bonds is 6. The summed E-state index contributed by atoms with van der Waals surface area (Å²) in [6.07, 6.45) is 2.84. The van der Waals surface area contributed by atoms with Crippen molar-refractivity contribution in [3.8, 4) is 17.1 Å². The van der Waals surface area contributed by atoms with Crippen molar-refractivity contribution < 1.29 is 23.6 Å². The van der Waals surface area contributed by atoms with Crippen molar-refractivity contribution in [2.24, 2.45) is 0 Å². The largest absolute Gasteiger partial charge is 0.497 e. The first-order chi connectivity index (χ1) is 14.5. The number of likely N-dealkylation sites (tertiary alicyclic amines) is 1. The van der Waals surface area contributed by atoms with Crippen molar-refractivity contribution in [3.63, 3.8) is 0 Å². The highest BCUT2D eigenvalue weighted by atomic mass is 16.6. The van der Waals surface area contributed by atoms with E-state index in [-0.39, 0.29) is 12.0 Å². The molecule has 1 spiro atoms. The number of aryl methyl sites for hydroxylation is 1. The van der Waals surface area contributed by atoms with Gasteiger partial charge in [-0.05, 0) is 31.4 Å². The predicted molar refractivity (Wildman–Crippen MR) is 107 cm³/mol. The molecular weight excluding hydrogens is 388 g/mol. The zero-order valence-corrected chi connectivity index (χ0v) is 17.3. The molecule has 2 saturated heterocycles. The molecule has 1 aromatic heterocycles. The maximum atomic E-state index is 12.7. The molecule has 4 rings (SSSR count). The van der Waals surface area contributed by atoms with Gasteiger partial charge in [-0.2, -0.15) is 4.98 Å². The summed E-state index contributed by atoms with van der Waals surface area (Å²) in [6.45, 7) is 1.69. The van der Waals surface area contributed by atoms with Gasteiger partial charge in [-0.15, -0.1) is 0 Å². The molecule has 2 amide bonds. The second-order valence-electron chi connectivity index (χ2n) is 7.92. The van der Waals surface area contributed by atoms with Crippen LogP contribution in [-0.4, -0.2) is 71.3 Å². The highest BCUT2D eigenvalue weighted by Gasteiger charge is 2.47. The summed E-state index contributed by atoms with van der Waals surface area (Å²) in [5.74, 6) is 1.79. The Kier molecular flexibility index (Phi) is 5.61. The molecule has 0 N–H and O–H groups in total. The lowest BCUT2D eigenvalue weighted by Crippen LogP contribution is -2.52. The molecule has 160 valence electrons. The lowest BCUT2D eigenvalue weighted by atomic mass is 9.92. The molecule has 2 aromatic rings. The third-order valence-corrected chi connectivity index (χ3v) is 5.61.